The predicted octanol–water partition coefficient (Wildman–Crippen LogP) is 4.90. The minimum atomic E-state index is -4.90. The molecule has 0 radical (unpaired) electrons. The van der Waals surface area contributed by atoms with Crippen LogP contribution in [0.5, 0.6) is 11.5 Å². The fraction of sp³-hybridized carbons (Fsp3) is 0.348. The molecule has 0 amide bonds. The Morgan fingerprint density at radius 1 is 1.00 bits per heavy atom. The largest absolute Gasteiger partial charge is 0.462 e. The summed E-state index contributed by atoms with van der Waals surface area (Å²) >= 11 is 0. The van der Waals surface area contributed by atoms with Crippen LogP contribution in [0.4, 0.5) is 13.2 Å². The summed E-state index contributed by atoms with van der Waals surface area (Å²) in [5.41, 5.74) is -4.01. The molecular formula is C23H24F3N2O8P. The molecule has 3 rings (SSSR count). The zero-order chi connectivity index (χ0) is 27.4. The Morgan fingerprint density at radius 3 is 2.16 bits per heavy atom. The minimum Gasteiger partial charge on any atom is -0.462 e. The lowest BCUT2D eigenvalue weighted by Crippen LogP contribution is -2.36. The van der Waals surface area contributed by atoms with Crippen LogP contribution in [-0.4, -0.2) is 35.3 Å². The molecule has 0 aliphatic heterocycles. The van der Waals surface area contributed by atoms with Crippen molar-refractivity contribution >= 4 is 24.6 Å². The summed E-state index contributed by atoms with van der Waals surface area (Å²) in [7, 11) is -3.94. The molecule has 1 N–H and O–H groups in total. The van der Waals surface area contributed by atoms with E-state index in [4.69, 9.17) is 18.5 Å². The number of H-pyrrole nitrogens is 1. The zero-order valence-corrected chi connectivity index (χ0v) is 21.0. The molecule has 0 aliphatic carbocycles. The molecule has 0 atom stereocenters. The van der Waals surface area contributed by atoms with Gasteiger partial charge in [-0.05, 0) is 51.1 Å². The van der Waals surface area contributed by atoms with Crippen LogP contribution >= 0.6 is 7.60 Å². The number of halogens is 3. The van der Waals surface area contributed by atoms with Gasteiger partial charge in [-0.1, -0.05) is 0 Å². The van der Waals surface area contributed by atoms with Crippen LogP contribution in [0.25, 0.3) is 11.0 Å². The molecule has 2 aromatic carbocycles. The van der Waals surface area contributed by atoms with E-state index in [1.165, 1.54) is 24.3 Å². The standard InChI is InChI=1S/C23H24F3N2O8P/c1-4-33-22(31)14-7-9-15(10-8-14)36-19-12-18-17(11-16(19)23(24,25)26)27-20(29)21(30)28(18)13-37(32,34-5-2)35-6-3/h7-12H,4-6,13H2,1-3H3,(H,27,29). The maximum absolute atomic E-state index is 13.9. The Kier molecular flexibility index (Phi) is 8.62. The predicted molar refractivity (Wildman–Crippen MR) is 127 cm³/mol. The van der Waals surface area contributed by atoms with Gasteiger partial charge in [-0.2, -0.15) is 13.2 Å². The second-order valence-corrected chi connectivity index (χ2v) is 9.51. The van der Waals surface area contributed by atoms with E-state index in [9.17, 15) is 32.1 Å². The van der Waals surface area contributed by atoms with Gasteiger partial charge in [0.15, 0.2) is 0 Å². The van der Waals surface area contributed by atoms with Crippen LogP contribution in [0.15, 0.2) is 46.0 Å². The average Bonchev–Trinajstić information content (AvgIpc) is 2.82. The summed E-state index contributed by atoms with van der Waals surface area (Å²) in [5, 5.41) is 0. The van der Waals surface area contributed by atoms with Gasteiger partial charge >= 0.3 is 30.9 Å². The minimum absolute atomic E-state index is 0.0402. The topological polar surface area (TPSA) is 126 Å². The molecule has 3 aromatic rings. The van der Waals surface area contributed by atoms with Crippen LogP contribution in [0.2, 0.25) is 0 Å². The molecule has 0 bridgehead atoms. The summed E-state index contributed by atoms with van der Waals surface area (Å²) in [4.78, 5) is 38.8. The number of fused-ring (bicyclic) bond motifs is 1. The second-order valence-electron chi connectivity index (χ2n) is 7.49. The van der Waals surface area contributed by atoms with E-state index in [0.717, 1.165) is 10.6 Å². The number of carbonyl (C=O) groups excluding carboxylic acids is 1. The van der Waals surface area contributed by atoms with Gasteiger partial charge in [-0.25, -0.2) is 4.79 Å². The molecule has 14 heteroatoms. The fourth-order valence-electron chi connectivity index (χ4n) is 3.43. The number of benzene rings is 2. The quantitative estimate of drug-likeness (QED) is 0.217. The third-order valence-electron chi connectivity index (χ3n) is 4.94. The van der Waals surface area contributed by atoms with E-state index in [-0.39, 0.29) is 42.2 Å². The van der Waals surface area contributed by atoms with Crippen LogP contribution in [0.3, 0.4) is 0 Å². The van der Waals surface area contributed by atoms with Gasteiger partial charge in [0.2, 0.25) is 0 Å². The Hall–Kier alpha value is -3.41. The molecule has 0 unspecified atom stereocenters. The van der Waals surface area contributed by atoms with Crippen LogP contribution < -0.4 is 15.9 Å². The van der Waals surface area contributed by atoms with Gasteiger partial charge in [0.1, 0.15) is 23.3 Å². The summed E-state index contributed by atoms with van der Waals surface area (Å²) in [6.45, 7) is 4.77. The Labute approximate surface area is 208 Å². The molecule has 0 spiro atoms. The Balaban J connectivity index is 2.17. The van der Waals surface area contributed by atoms with E-state index in [1.54, 1.807) is 20.8 Å². The van der Waals surface area contributed by atoms with Crippen molar-refractivity contribution in [3.8, 4) is 11.5 Å². The lowest BCUT2D eigenvalue weighted by atomic mass is 10.1. The first-order chi connectivity index (χ1) is 17.4. The van der Waals surface area contributed by atoms with Crippen molar-refractivity contribution in [3.63, 3.8) is 0 Å². The molecule has 0 aliphatic rings. The number of nitrogens with one attached hydrogen (secondary N) is 1. The van der Waals surface area contributed by atoms with Crippen molar-refractivity contribution in [3.05, 3.63) is 68.2 Å². The highest BCUT2D eigenvalue weighted by Crippen LogP contribution is 2.50. The number of aromatic nitrogens is 2. The number of nitrogens with zero attached hydrogens (tertiary/aromatic N) is 1. The summed E-state index contributed by atoms with van der Waals surface area (Å²) in [5.74, 6) is -1.37. The van der Waals surface area contributed by atoms with Gasteiger partial charge in [0.05, 0.1) is 36.4 Å². The number of rotatable bonds is 10. The van der Waals surface area contributed by atoms with Crippen LogP contribution in [-0.2, 0) is 30.8 Å². The third kappa shape index (κ3) is 6.48. The van der Waals surface area contributed by atoms with Gasteiger partial charge in [0.25, 0.3) is 0 Å². The highest BCUT2D eigenvalue weighted by molar-refractivity contribution is 7.52. The summed E-state index contributed by atoms with van der Waals surface area (Å²) in [6, 6.07) is 6.69. The highest BCUT2D eigenvalue weighted by atomic mass is 31.2. The lowest BCUT2D eigenvalue weighted by molar-refractivity contribution is -0.138. The Bertz CT molecular complexity index is 1440. The first kappa shape index (κ1) is 28.2. The number of hydrogen-bond donors (Lipinski definition) is 1. The number of alkyl halides is 3. The maximum atomic E-state index is 13.9. The second kappa shape index (κ2) is 11.3. The number of carbonyl (C=O) groups is 1. The molecule has 10 nitrogen and oxygen atoms in total. The van der Waals surface area contributed by atoms with Crippen molar-refractivity contribution < 1.29 is 41.1 Å². The van der Waals surface area contributed by atoms with E-state index in [0.29, 0.717) is 6.07 Å². The van der Waals surface area contributed by atoms with Crippen LogP contribution in [0.1, 0.15) is 36.7 Å². The van der Waals surface area contributed by atoms with Gasteiger partial charge in [-0.15, -0.1) is 0 Å². The van der Waals surface area contributed by atoms with Gasteiger partial charge in [-0.3, -0.25) is 18.7 Å². The number of hydrogen-bond acceptors (Lipinski definition) is 8. The van der Waals surface area contributed by atoms with E-state index >= 15 is 0 Å². The summed E-state index contributed by atoms with van der Waals surface area (Å²) in [6.07, 6.45) is -5.62. The first-order valence-corrected chi connectivity index (χ1v) is 12.9. The highest BCUT2D eigenvalue weighted by Gasteiger charge is 2.36. The smallest absolute Gasteiger partial charge is 0.420 e. The SMILES string of the molecule is CCOC(=O)c1ccc(Oc2cc3c(cc2C(F)(F)F)[nH]c(=O)c(=O)n3CP(=O)(OCC)OCC)cc1. The van der Waals surface area contributed by atoms with E-state index in [1.807, 2.05) is 0 Å². The number of esters is 1. The number of ether oxygens (including phenoxy) is 2. The van der Waals surface area contributed by atoms with Gasteiger partial charge in [0, 0.05) is 6.07 Å². The van der Waals surface area contributed by atoms with Crippen molar-refractivity contribution in [2.45, 2.75) is 33.2 Å². The molecule has 37 heavy (non-hydrogen) atoms. The first-order valence-electron chi connectivity index (χ1n) is 11.1. The third-order valence-corrected chi connectivity index (χ3v) is 6.87. The normalized spacial score (nSPS) is 12.1. The molecular weight excluding hydrogens is 520 g/mol. The van der Waals surface area contributed by atoms with E-state index < -0.39 is 48.5 Å². The van der Waals surface area contributed by atoms with Crippen molar-refractivity contribution in [2.24, 2.45) is 0 Å². The molecule has 0 saturated heterocycles. The molecule has 1 heterocycles. The zero-order valence-electron chi connectivity index (χ0n) is 20.1. The Morgan fingerprint density at radius 2 is 1.62 bits per heavy atom. The van der Waals surface area contributed by atoms with Crippen LogP contribution in [0, 0.1) is 0 Å². The van der Waals surface area contributed by atoms with Crippen molar-refractivity contribution in [1.29, 1.82) is 0 Å². The molecule has 0 fully saturated rings. The molecule has 1 aromatic heterocycles. The average molecular weight is 544 g/mol. The molecule has 200 valence electrons. The summed E-state index contributed by atoms with van der Waals surface area (Å²) < 4.78 is 76.2. The lowest BCUT2D eigenvalue weighted by Gasteiger charge is -2.20. The molecule has 0 saturated carbocycles. The van der Waals surface area contributed by atoms with Gasteiger partial charge < -0.3 is 23.5 Å². The number of aromatic amines is 1. The fourth-order valence-corrected chi connectivity index (χ4v) is 5.08. The van der Waals surface area contributed by atoms with E-state index in [2.05, 4.69) is 4.98 Å². The van der Waals surface area contributed by atoms with Crippen molar-refractivity contribution in [2.75, 3.05) is 19.8 Å². The van der Waals surface area contributed by atoms with Crippen molar-refractivity contribution in [1.82, 2.24) is 9.55 Å². The maximum Gasteiger partial charge on any atom is 0.420 e. The monoisotopic (exact) mass is 544 g/mol.